The summed E-state index contributed by atoms with van der Waals surface area (Å²) in [7, 11) is 0. The maximum Gasteiger partial charge on any atom is 0.220 e. The van der Waals surface area contributed by atoms with Crippen LogP contribution in [-0.2, 0) is 4.79 Å². The van der Waals surface area contributed by atoms with Crippen LogP contribution in [0.15, 0.2) is 12.7 Å². The van der Waals surface area contributed by atoms with Crippen molar-refractivity contribution in [2.75, 3.05) is 6.54 Å². The third-order valence-corrected chi connectivity index (χ3v) is 2.89. The van der Waals surface area contributed by atoms with Gasteiger partial charge in [-0.05, 0) is 19.3 Å². The quantitative estimate of drug-likeness (QED) is 0.634. The minimum absolute atomic E-state index is 0.0292. The highest BCUT2D eigenvalue weighted by Crippen LogP contribution is 2.18. The maximum atomic E-state index is 11.3. The van der Waals surface area contributed by atoms with Crippen LogP contribution in [0.4, 0.5) is 0 Å². The van der Waals surface area contributed by atoms with Crippen molar-refractivity contribution >= 4 is 5.91 Å². The molecule has 2 unspecified atom stereocenters. The molecule has 15 heavy (non-hydrogen) atoms. The minimum Gasteiger partial charge on any atom is -0.388 e. The van der Waals surface area contributed by atoms with E-state index in [0.29, 0.717) is 19.4 Å². The molecule has 3 heteroatoms. The predicted octanol–water partition coefficient (Wildman–Crippen LogP) is 1.87. The van der Waals surface area contributed by atoms with Crippen LogP contribution in [0, 0.1) is 5.92 Å². The number of aliphatic hydroxyl groups is 1. The summed E-state index contributed by atoms with van der Waals surface area (Å²) in [5, 5.41) is 12.8. The Morgan fingerprint density at radius 1 is 1.67 bits per heavy atom. The Morgan fingerprint density at radius 3 is 2.73 bits per heavy atom. The zero-order chi connectivity index (χ0) is 11.9. The highest BCUT2D eigenvalue weighted by atomic mass is 16.3. The average molecular weight is 213 g/mol. The van der Waals surface area contributed by atoms with Crippen molar-refractivity contribution in [2.24, 2.45) is 5.92 Å². The molecule has 2 N–H and O–H groups in total. The molecular weight excluding hydrogens is 190 g/mol. The number of nitrogens with one attached hydrogen (secondary N) is 1. The molecule has 0 radical (unpaired) electrons. The van der Waals surface area contributed by atoms with Gasteiger partial charge < -0.3 is 10.4 Å². The van der Waals surface area contributed by atoms with Gasteiger partial charge in [-0.3, -0.25) is 4.79 Å². The molecule has 1 amide bonds. The van der Waals surface area contributed by atoms with Crippen LogP contribution in [0.1, 0.15) is 40.0 Å². The van der Waals surface area contributed by atoms with E-state index >= 15 is 0 Å². The SMILES string of the molecule is C=CCCC(=O)NCC(C)(O)C(C)CC. The largest absolute Gasteiger partial charge is 0.388 e. The summed E-state index contributed by atoms with van der Waals surface area (Å²) in [6, 6.07) is 0. The van der Waals surface area contributed by atoms with Gasteiger partial charge in [0.1, 0.15) is 0 Å². The first kappa shape index (κ1) is 14.2. The number of allylic oxidation sites excluding steroid dienone is 1. The summed E-state index contributed by atoms with van der Waals surface area (Å²) in [5.74, 6) is 0.149. The van der Waals surface area contributed by atoms with E-state index < -0.39 is 5.60 Å². The lowest BCUT2D eigenvalue weighted by molar-refractivity contribution is -0.122. The number of hydrogen-bond donors (Lipinski definition) is 2. The van der Waals surface area contributed by atoms with Crippen molar-refractivity contribution in [3.05, 3.63) is 12.7 Å². The molecule has 88 valence electrons. The number of rotatable bonds is 7. The normalized spacial score (nSPS) is 16.5. The molecule has 0 aromatic heterocycles. The van der Waals surface area contributed by atoms with E-state index in [0.717, 1.165) is 6.42 Å². The first-order valence-electron chi connectivity index (χ1n) is 5.54. The van der Waals surface area contributed by atoms with E-state index in [2.05, 4.69) is 11.9 Å². The standard InChI is InChI=1S/C12H23NO2/c1-5-7-8-11(14)13-9-12(4,15)10(3)6-2/h5,10,15H,1,6-9H2,2-4H3,(H,13,14). The molecule has 0 aromatic carbocycles. The van der Waals surface area contributed by atoms with Gasteiger partial charge in [0.05, 0.1) is 5.60 Å². The first-order chi connectivity index (χ1) is 6.94. The summed E-state index contributed by atoms with van der Waals surface area (Å²) in [6.07, 6.45) is 3.74. The number of carbonyl (C=O) groups is 1. The molecule has 0 saturated carbocycles. The smallest absolute Gasteiger partial charge is 0.220 e. The van der Waals surface area contributed by atoms with E-state index in [1.54, 1.807) is 13.0 Å². The third kappa shape index (κ3) is 5.57. The fourth-order valence-corrected chi connectivity index (χ4v) is 1.21. The molecule has 0 bridgehead atoms. The van der Waals surface area contributed by atoms with Gasteiger partial charge in [-0.1, -0.05) is 26.3 Å². The van der Waals surface area contributed by atoms with Crippen molar-refractivity contribution < 1.29 is 9.90 Å². The van der Waals surface area contributed by atoms with Gasteiger partial charge >= 0.3 is 0 Å². The molecule has 0 fully saturated rings. The second kappa shape index (κ2) is 6.62. The highest BCUT2D eigenvalue weighted by molar-refractivity contribution is 5.76. The van der Waals surface area contributed by atoms with Crippen molar-refractivity contribution in [3.8, 4) is 0 Å². The Morgan fingerprint density at radius 2 is 2.27 bits per heavy atom. The number of amides is 1. The monoisotopic (exact) mass is 213 g/mol. The predicted molar refractivity (Wildman–Crippen MR) is 62.5 cm³/mol. The Kier molecular flexibility index (Phi) is 6.25. The van der Waals surface area contributed by atoms with E-state index in [9.17, 15) is 9.90 Å². The van der Waals surface area contributed by atoms with E-state index in [4.69, 9.17) is 0 Å². The summed E-state index contributed by atoms with van der Waals surface area (Å²) < 4.78 is 0. The van der Waals surface area contributed by atoms with Crippen LogP contribution in [0.2, 0.25) is 0 Å². The third-order valence-electron chi connectivity index (χ3n) is 2.89. The van der Waals surface area contributed by atoms with Gasteiger partial charge in [-0.15, -0.1) is 6.58 Å². The summed E-state index contributed by atoms with van der Waals surface area (Å²) >= 11 is 0. The lowest BCUT2D eigenvalue weighted by Gasteiger charge is -2.29. The zero-order valence-corrected chi connectivity index (χ0v) is 10.0. The Labute approximate surface area is 92.6 Å². The average Bonchev–Trinajstić information content (AvgIpc) is 2.22. The van der Waals surface area contributed by atoms with Crippen molar-refractivity contribution in [1.82, 2.24) is 5.32 Å². The first-order valence-corrected chi connectivity index (χ1v) is 5.54. The van der Waals surface area contributed by atoms with Gasteiger partial charge in [-0.2, -0.15) is 0 Å². The molecule has 0 spiro atoms. The van der Waals surface area contributed by atoms with E-state index in [-0.39, 0.29) is 11.8 Å². The molecule has 0 heterocycles. The second-order valence-corrected chi connectivity index (χ2v) is 4.27. The van der Waals surface area contributed by atoms with Crippen LogP contribution in [-0.4, -0.2) is 23.2 Å². The summed E-state index contributed by atoms with van der Waals surface area (Å²) in [4.78, 5) is 11.3. The van der Waals surface area contributed by atoms with Crippen molar-refractivity contribution in [1.29, 1.82) is 0 Å². The minimum atomic E-state index is -0.821. The molecule has 0 rings (SSSR count). The Hall–Kier alpha value is -0.830. The van der Waals surface area contributed by atoms with E-state index in [1.807, 2.05) is 13.8 Å². The topological polar surface area (TPSA) is 49.3 Å². The number of hydrogen-bond acceptors (Lipinski definition) is 2. The lowest BCUT2D eigenvalue weighted by atomic mass is 9.88. The molecule has 0 saturated heterocycles. The molecule has 0 aliphatic carbocycles. The number of carbonyl (C=O) groups excluding carboxylic acids is 1. The molecular formula is C12H23NO2. The van der Waals surface area contributed by atoms with Gasteiger partial charge in [-0.25, -0.2) is 0 Å². The molecule has 2 atom stereocenters. The van der Waals surface area contributed by atoms with Gasteiger partial charge in [0.25, 0.3) is 0 Å². The van der Waals surface area contributed by atoms with E-state index in [1.165, 1.54) is 0 Å². The lowest BCUT2D eigenvalue weighted by Crippen LogP contribution is -2.44. The molecule has 0 aliphatic rings. The van der Waals surface area contributed by atoms with Crippen LogP contribution >= 0.6 is 0 Å². The summed E-state index contributed by atoms with van der Waals surface area (Å²) in [6.45, 7) is 9.64. The molecule has 3 nitrogen and oxygen atoms in total. The fraction of sp³-hybridized carbons (Fsp3) is 0.750. The van der Waals surface area contributed by atoms with Crippen molar-refractivity contribution in [2.45, 2.75) is 45.6 Å². The van der Waals surface area contributed by atoms with Crippen LogP contribution in [0.5, 0.6) is 0 Å². The van der Waals surface area contributed by atoms with Crippen LogP contribution in [0.25, 0.3) is 0 Å². The molecule has 0 aliphatic heterocycles. The highest BCUT2D eigenvalue weighted by Gasteiger charge is 2.27. The zero-order valence-electron chi connectivity index (χ0n) is 10.0. The Balaban J connectivity index is 3.92. The molecule has 0 aromatic rings. The maximum absolute atomic E-state index is 11.3. The second-order valence-electron chi connectivity index (χ2n) is 4.27. The van der Waals surface area contributed by atoms with Gasteiger partial charge in [0.2, 0.25) is 5.91 Å². The van der Waals surface area contributed by atoms with Crippen molar-refractivity contribution in [3.63, 3.8) is 0 Å². The van der Waals surface area contributed by atoms with Gasteiger partial charge in [0.15, 0.2) is 0 Å². The van der Waals surface area contributed by atoms with Crippen LogP contribution in [0.3, 0.4) is 0 Å². The summed E-state index contributed by atoms with van der Waals surface area (Å²) in [5.41, 5.74) is -0.821. The Bertz CT molecular complexity index is 212. The fourth-order valence-electron chi connectivity index (χ4n) is 1.21. The van der Waals surface area contributed by atoms with Gasteiger partial charge in [0, 0.05) is 13.0 Å². The van der Waals surface area contributed by atoms with Crippen LogP contribution < -0.4 is 5.32 Å².